The summed E-state index contributed by atoms with van der Waals surface area (Å²) in [5.41, 5.74) is 0. The fourth-order valence-corrected chi connectivity index (χ4v) is 1.71. The normalized spacial score (nSPS) is 12.1. The molecule has 0 bridgehead atoms. The van der Waals surface area contributed by atoms with E-state index in [9.17, 15) is 8.42 Å². The maximum absolute atomic E-state index is 10.7. The molecule has 0 atom stereocenters. The summed E-state index contributed by atoms with van der Waals surface area (Å²) in [6, 6.07) is 4.42. The molecular formula is C8H7NO3S. The predicted molar refractivity (Wildman–Crippen MR) is 48.1 cm³/mol. The lowest BCUT2D eigenvalue weighted by molar-refractivity contribution is 0.483. The molecule has 4 nitrogen and oxygen atoms in total. The fourth-order valence-electron chi connectivity index (χ4n) is 1.19. The van der Waals surface area contributed by atoms with Gasteiger partial charge in [0.25, 0.3) is 10.1 Å². The Morgan fingerprint density at radius 2 is 1.85 bits per heavy atom. The number of H-pyrrole nitrogens is 1. The van der Waals surface area contributed by atoms with Crippen LogP contribution in [0.1, 0.15) is 0 Å². The number of aromatic amines is 1. The van der Waals surface area contributed by atoms with Gasteiger partial charge in [0.1, 0.15) is 0 Å². The van der Waals surface area contributed by atoms with Crippen molar-refractivity contribution >= 4 is 20.9 Å². The van der Waals surface area contributed by atoms with Crippen LogP contribution in [0.4, 0.5) is 0 Å². The summed E-state index contributed by atoms with van der Waals surface area (Å²) in [6.45, 7) is 0. The summed E-state index contributed by atoms with van der Waals surface area (Å²) >= 11 is 0. The molecule has 0 saturated heterocycles. The Hall–Kier alpha value is -1.33. The third-order valence-corrected chi connectivity index (χ3v) is 2.68. The van der Waals surface area contributed by atoms with E-state index in [-0.39, 0.29) is 4.90 Å². The molecule has 2 rings (SSSR count). The van der Waals surface area contributed by atoms with Crippen LogP contribution < -0.4 is 0 Å². The van der Waals surface area contributed by atoms with Crippen molar-refractivity contribution in [2.45, 2.75) is 4.90 Å². The number of nitrogens with one attached hydrogen (secondary N) is 1. The first-order valence-electron chi connectivity index (χ1n) is 3.61. The molecule has 1 aromatic heterocycles. The van der Waals surface area contributed by atoms with Crippen molar-refractivity contribution in [2.24, 2.45) is 0 Å². The third kappa shape index (κ3) is 1.43. The van der Waals surface area contributed by atoms with Gasteiger partial charge in [-0.1, -0.05) is 6.07 Å². The molecule has 2 aromatic rings. The number of fused-ring (bicyclic) bond motifs is 1. The minimum absolute atomic E-state index is 0.0837. The van der Waals surface area contributed by atoms with Crippen molar-refractivity contribution in [3.05, 3.63) is 30.6 Å². The van der Waals surface area contributed by atoms with Crippen LogP contribution in [0, 0.1) is 0 Å². The Balaban J connectivity index is 2.75. The highest BCUT2D eigenvalue weighted by atomic mass is 32.2. The second-order valence-electron chi connectivity index (χ2n) is 2.72. The molecule has 1 aromatic carbocycles. The SMILES string of the molecule is O=S(=O)(O)c1ccc2c[nH]cc2c1. The van der Waals surface area contributed by atoms with Gasteiger partial charge in [-0.15, -0.1) is 0 Å². The van der Waals surface area contributed by atoms with Gasteiger partial charge in [0, 0.05) is 17.8 Å². The van der Waals surface area contributed by atoms with Crippen LogP contribution in [-0.2, 0) is 10.1 Å². The molecule has 0 amide bonds. The van der Waals surface area contributed by atoms with Crippen LogP contribution in [0.3, 0.4) is 0 Å². The van der Waals surface area contributed by atoms with Crippen molar-refractivity contribution in [2.75, 3.05) is 0 Å². The Kier molecular flexibility index (Phi) is 1.64. The van der Waals surface area contributed by atoms with Crippen LogP contribution in [0.2, 0.25) is 0 Å². The van der Waals surface area contributed by atoms with E-state index in [0.717, 1.165) is 10.8 Å². The predicted octanol–water partition coefficient (Wildman–Crippen LogP) is 1.41. The van der Waals surface area contributed by atoms with Gasteiger partial charge in [-0.25, -0.2) is 0 Å². The molecule has 13 heavy (non-hydrogen) atoms. The van der Waals surface area contributed by atoms with E-state index in [2.05, 4.69) is 4.98 Å². The molecule has 1 heterocycles. The maximum Gasteiger partial charge on any atom is 0.294 e. The zero-order valence-electron chi connectivity index (χ0n) is 6.56. The molecule has 5 heteroatoms. The van der Waals surface area contributed by atoms with Crippen LogP contribution in [0.15, 0.2) is 35.5 Å². The quantitative estimate of drug-likeness (QED) is 0.679. The van der Waals surface area contributed by atoms with E-state index in [1.165, 1.54) is 12.1 Å². The number of rotatable bonds is 1. The second-order valence-corrected chi connectivity index (χ2v) is 4.14. The maximum atomic E-state index is 10.7. The first-order valence-corrected chi connectivity index (χ1v) is 5.05. The van der Waals surface area contributed by atoms with Crippen LogP contribution >= 0.6 is 0 Å². The molecular weight excluding hydrogens is 190 g/mol. The smallest absolute Gasteiger partial charge is 0.294 e. The van der Waals surface area contributed by atoms with Crippen molar-refractivity contribution < 1.29 is 13.0 Å². The highest BCUT2D eigenvalue weighted by molar-refractivity contribution is 7.85. The number of benzene rings is 1. The minimum Gasteiger partial charge on any atom is -0.366 e. The average Bonchev–Trinajstić information content (AvgIpc) is 2.47. The van der Waals surface area contributed by atoms with E-state index in [4.69, 9.17) is 4.55 Å². The minimum atomic E-state index is -4.09. The molecule has 0 aliphatic carbocycles. The Morgan fingerprint density at radius 3 is 2.54 bits per heavy atom. The highest BCUT2D eigenvalue weighted by Crippen LogP contribution is 2.17. The van der Waals surface area contributed by atoms with E-state index < -0.39 is 10.1 Å². The summed E-state index contributed by atoms with van der Waals surface area (Å²) in [5.74, 6) is 0. The lowest BCUT2D eigenvalue weighted by atomic mass is 10.2. The van der Waals surface area contributed by atoms with E-state index in [1.54, 1.807) is 18.5 Å². The van der Waals surface area contributed by atoms with Crippen LogP contribution in [0.25, 0.3) is 10.8 Å². The zero-order valence-corrected chi connectivity index (χ0v) is 7.38. The van der Waals surface area contributed by atoms with Crippen LogP contribution in [0.5, 0.6) is 0 Å². The fraction of sp³-hybridized carbons (Fsp3) is 0. The number of hydrogen-bond donors (Lipinski definition) is 2. The largest absolute Gasteiger partial charge is 0.366 e. The molecule has 68 valence electrons. The number of hydrogen-bond acceptors (Lipinski definition) is 2. The summed E-state index contributed by atoms with van der Waals surface area (Å²) in [4.78, 5) is 2.76. The molecule has 0 spiro atoms. The molecule has 0 radical (unpaired) electrons. The van der Waals surface area contributed by atoms with Crippen LogP contribution in [-0.4, -0.2) is 18.0 Å². The van der Waals surface area contributed by atoms with Gasteiger partial charge >= 0.3 is 0 Å². The average molecular weight is 197 g/mol. The van der Waals surface area contributed by atoms with Crippen molar-refractivity contribution in [3.8, 4) is 0 Å². The Bertz CT molecular complexity index is 541. The first-order chi connectivity index (χ1) is 6.07. The lowest BCUT2D eigenvalue weighted by Gasteiger charge is -1.95. The Labute approximate surface area is 75.0 Å². The van der Waals surface area contributed by atoms with Gasteiger partial charge in [-0.05, 0) is 17.5 Å². The molecule has 0 aliphatic heterocycles. The van der Waals surface area contributed by atoms with Gasteiger partial charge in [0.2, 0.25) is 0 Å². The van der Waals surface area contributed by atoms with Gasteiger partial charge in [0.15, 0.2) is 0 Å². The highest BCUT2D eigenvalue weighted by Gasteiger charge is 2.09. The summed E-state index contributed by atoms with van der Waals surface area (Å²) in [5, 5.41) is 1.67. The zero-order chi connectivity index (χ0) is 9.47. The Morgan fingerprint density at radius 1 is 1.15 bits per heavy atom. The van der Waals surface area contributed by atoms with Crippen molar-refractivity contribution in [3.63, 3.8) is 0 Å². The first kappa shape index (κ1) is 8.28. The van der Waals surface area contributed by atoms with Gasteiger partial charge in [-0.3, -0.25) is 4.55 Å². The van der Waals surface area contributed by atoms with Gasteiger partial charge < -0.3 is 4.98 Å². The van der Waals surface area contributed by atoms with E-state index in [1.807, 2.05) is 0 Å². The summed E-state index contributed by atoms with van der Waals surface area (Å²) in [7, 11) is -4.09. The molecule has 0 aliphatic rings. The van der Waals surface area contributed by atoms with Crippen molar-refractivity contribution in [1.29, 1.82) is 0 Å². The topological polar surface area (TPSA) is 70.2 Å². The van der Waals surface area contributed by atoms with Gasteiger partial charge in [0.05, 0.1) is 4.90 Å². The monoisotopic (exact) mass is 197 g/mol. The summed E-state index contributed by atoms with van der Waals surface area (Å²) in [6.07, 6.45) is 3.42. The van der Waals surface area contributed by atoms with E-state index in [0.29, 0.717) is 0 Å². The number of aromatic nitrogens is 1. The molecule has 0 saturated carbocycles. The third-order valence-electron chi connectivity index (χ3n) is 1.83. The van der Waals surface area contributed by atoms with Gasteiger partial charge in [-0.2, -0.15) is 8.42 Å². The van der Waals surface area contributed by atoms with E-state index >= 15 is 0 Å². The molecule has 0 fully saturated rings. The second kappa shape index (κ2) is 2.58. The standard InChI is InChI=1S/C8H7NO3S/c10-13(11,12)8-2-1-6-4-9-5-7(6)3-8/h1-5,9H,(H,10,11,12). The molecule has 0 unspecified atom stereocenters. The lowest BCUT2D eigenvalue weighted by Crippen LogP contribution is -1.96. The summed E-state index contributed by atoms with van der Waals surface area (Å²) < 4.78 is 30.2. The van der Waals surface area contributed by atoms with Crippen molar-refractivity contribution in [1.82, 2.24) is 4.98 Å². The molecule has 2 N–H and O–H groups in total.